The number of nitrogens with zero attached hydrogens (tertiary/aromatic N) is 2. The summed E-state index contributed by atoms with van der Waals surface area (Å²) in [5.41, 5.74) is 4.84. The van der Waals surface area contributed by atoms with Gasteiger partial charge in [-0.3, -0.25) is 14.5 Å². The lowest BCUT2D eigenvalue weighted by Crippen LogP contribution is -2.52. The van der Waals surface area contributed by atoms with Crippen molar-refractivity contribution < 1.29 is 18.4 Å². The number of likely N-dealkylation sites (N-methyl/N-ethyl adjacent to an activating group) is 1. The Morgan fingerprint density at radius 3 is 2.00 bits per heavy atom. The molecular weight excluding hydrogens is 244 g/mol. The van der Waals surface area contributed by atoms with E-state index in [2.05, 4.69) is 0 Å². The Morgan fingerprint density at radius 1 is 1.11 bits per heavy atom. The third kappa shape index (κ3) is 1.99. The molecule has 1 heterocycles. The second-order valence-electron chi connectivity index (χ2n) is 4.04. The summed E-state index contributed by atoms with van der Waals surface area (Å²) in [5, 5.41) is 0. The van der Waals surface area contributed by atoms with Gasteiger partial charge >= 0.3 is 0 Å². The van der Waals surface area contributed by atoms with E-state index in [9.17, 15) is 18.4 Å². The van der Waals surface area contributed by atoms with E-state index in [0.29, 0.717) is 0 Å². The number of amides is 2. The minimum Gasteiger partial charge on any atom is -0.399 e. The molecule has 0 unspecified atom stereocenters. The van der Waals surface area contributed by atoms with Gasteiger partial charge in [0.1, 0.15) is 5.69 Å². The van der Waals surface area contributed by atoms with Crippen molar-refractivity contribution in [3.05, 3.63) is 23.8 Å². The maximum atomic E-state index is 13.6. The molecule has 0 bridgehead atoms. The average molecular weight is 255 g/mol. The zero-order valence-corrected chi connectivity index (χ0v) is 9.61. The molecule has 1 fully saturated rings. The first-order valence-corrected chi connectivity index (χ1v) is 5.19. The van der Waals surface area contributed by atoms with Crippen LogP contribution in [0.3, 0.4) is 0 Å². The smallest absolute Gasteiger partial charge is 0.248 e. The van der Waals surface area contributed by atoms with Gasteiger partial charge in [0.25, 0.3) is 0 Å². The summed E-state index contributed by atoms with van der Waals surface area (Å²) in [6.45, 7) is -0.500. The number of piperazine rings is 1. The molecule has 7 heteroatoms. The summed E-state index contributed by atoms with van der Waals surface area (Å²) in [7, 11) is 1.33. The second-order valence-corrected chi connectivity index (χ2v) is 4.04. The van der Waals surface area contributed by atoms with Crippen molar-refractivity contribution in [2.24, 2.45) is 0 Å². The number of halogens is 2. The van der Waals surface area contributed by atoms with E-state index < -0.39 is 29.1 Å². The SMILES string of the molecule is CN1C(=O)CN(c2c(F)cc(N)cc2F)CC1=O. The molecule has 1 aromatic rings. The van der Waals surface area contributed by atoms with Crippen molar-refractivity contribution in [3.63, 3.8) is 0 Å². The maximum Gasteiger partial charge on any atom is 0.248 e. The van der Waals surface area contributed by atoms with E-state index in [0.717, 1.165) is 21.9 Å². The molecule has 0 atom stereocenters. The topological polar surface area (TPSA) is 66.6 Å². The predicted octanol–water partition coefficient (Wildman–Crippen LogP) is 0.352. The van der Waals surface area contributed by atoms with E-state index in [4.69, 9.17) is 5.73 Å². The van der Waals surface area contributed by atoms with Gasteiger partial charge < -0.3 is 10.6 Å². The quantitative estimate of drug-likeness (QED) is 0.581. The van der Waals surface area contributed by atoms with Crippen LogP contribution in [0.15, 0.2) is 12.1 Å². The van der Waals surface area contributed by atoms with Crippen LogP contribution in [0.5, 0.6) is 0 Å². The highest BCUT2D eigenvalue weighted by atomic mass is 19.1. The Balaban J connectivity index is 2.39. The van der Waals surface area contributed by atoms with Crippen molar-refractivity contribution in [3.8, 4) is 0 Å². The molecule has 1 aromatic carbocycles. The number of carbonyl (C=O) groups excluding carboxylic acids is 2. The summed E-state index contributed by atoms with van der Waals surface area (Å²) in [5.74, 6) is -2.81. The highest BCUT2D eigenvalue weighted by Crippen LogP contribution is 2.27. The molecule has 1 aliphatic heterocycles. The van der Waals surface area contributed by atoms with Crippen molar-refractivity contribution >= 4 is 23.2 Å². The lowest BCUT2D eigenvalue weighted by atomic mass is 10.2. The first-order chi connectivity index (χ1) is 8.40. The van der Waals surface area contributed by atoms with Crippen molar-refractivity contribution in [2.75, 3.05) is 30.8 Å². The molecule has 0 spiro atoms. The van der Waals surface area contributed by atoms with Gasteiger partial charge in [0.15, 0.2) is 11.6 Å². The second kappa shape index (κ2) is 4.25. The van der Waals surface area contributed by atoms with Crippen LogP contribution in [0.4, 0.5) is 20.2 Å². The fourth-order valence-corrected chi connectivity index (χ4v) is 1.78. The molecule has 96 valence electrons. The third-order valence-corrected chi connectivity index (χ3v) is 2.76. The molecule has 1 saturated heterocycles. The largest absolute Gasteiger partial charge is 0.399 e. The summed E-state index contributed by atoms with van der Waals surface area (Å²) in [6.07, 6.45) is 0. The summed E-state index contributed by atoms with van der Waals surface area (Å²) in [4.78, 5) is 24.9. The Morgan fingerprint density at radius 2 is 1.56 bits per heavy atom. The fourth-order valence-electron chi connectivity index (χ4n) is 1.78. The number of rotatable bonds is 1. The number of benzene rings is 1. The minimum absolute atomic E-state index is 0.0551. The Hall–Kier alpha value is -2.18. The van der Waals surface area contributed by atoms with Gasteiger partial charge in [0, 0.05) is 12.7 Å². The molecule has 0 aromatic heterocycles. The number of carbonyl (C=O) groups is 2. The highest BCUT2D eigenvalue weighted by Gasteiger charge is 2.31. The van der Waals surface area contributed by atoms with Crippen molar-refractivity contribution in [1.82, 2.24) is 4.90 Å². The Labute approximate surface area is 102 Å². The normalized spacial score (nSPS) is 16.4. The van der Waals surface area contributed by atoms with Gasteiger partial charge in [-0.2, -0.15) is 0 Å². The zero-order valence-electron chi connectivity index (χ0n) is 9.61. The van der Waals surface area contributed by atoms with Gasteiger partial charge in [-0.05, 0) is 12.1 Å². The molecule has 18 heavy (non-hydrogen) atoms. The number of nitrogen functional groups attached to an aromatic ring is 1. The fraction of sp³-hybridized carbons (Fsp3) is 0.273. The third-order valence-electron chi connectivity index (χ3n) is 2.76. The van der Waals surface area contributed by atoms with Gasteiger partial charge in [0.2, 0.25) is 11.8 Å². The number of hydrogen-bond donors (Lipinski definition) is 1. The molecule has 2 N–H and O–H groups in total. The molecule has 2 rings (SSSR count). The minimum atomic E-state index is -0.891. The van der Waals surface area contributed by atoms with E-state index in [-0.39, 0.29) is 18.8 Å². The van der Waals surface area contributed by atoms with Crippen LogP contribution in [-0.2, 0) is 9.59 Å². The molecule has 0 saturated carbocycles. The molecule has 2 amide bonds. The van der Waals surface area contributed by atoms with E-state index in [1.165, 1.54) is 7.05 Å². The van der Waals surface area contributed by atoms with E-state index in [1.807, 2.05) is 0 Å². The lowest BCUT2D eigenvalue weighted by molar-refractivity contribution is -0.143. The predicted molar refractivity (Wildman–Crippen MR) is 60.8 cm³/mol. The molecule has 0 aliphatic carbocycles. The summed E-state index contributed by atoms with van der Waals surface area (Å²) in [6, 6.07) is 1.90. The zero-order chi connectivity index (χ0) is 13.4. The van der Waals surface area contributed by atoms with Gasteiger partial charge in [-0.25, -0.2) is 8.78 Å². The summed E-state index contributed by atoms with van der Waals surface area (Å²) >= 11 is 0. The van der Waals surface area contributed by atoms with Gasteiger partial charge in [0.05, 0.1) is 13.1 Å². The van der Waals surface area contributed by atoms with E-state index >= 15 is 0 Å². The van der Waals surface area contributed by atoms with Gasteiger partial charge in [-0.15, -0.1) is 0 Å². The highest BCUT2D eigenvalue weighted by molar-refractivity contribution is 6.02. The summed E-state index contributed by atoms with van der Waals surface area (Å²) < 4.78 is 27.3. The van der Waals surface area contributed by atoms with Crippen molar-refractivity contribution in [1.29, 1.82) is 0 Å². The Kier molecular flexibility index (Phi) is 2.90. The molecular formula is C11H11F2N3O2. The standard InChI is InChI=1S/C11H11F2N3O2/c1-15-9(17)4-16(5-10(15)18)11-7(12)2-6(14)3-8(11)13/h2-3H,4-5,14H2,1H3. The van der Waals surface area contributed by atoms with Crippen LogP contribution in [0.2, 0.25) is 0 Å². The maximum absolute atomic E-state index is 13.6. The van der Waals surface area contributed by atoms with Crippen LogP contribution >= 0.6 is 0 Å². The number of anilines is 2. The van der Waals surface area contributed by atoms with Crippen LogP contribution in [0.1, 0.15) is 0 Å². The van der Waals surface area contributed by atoms with Crippen molar-refractivity contribution in [2.45, 2.75) is 0 Å². The molecule has 5 nitrogen and oxygen atoms in total. The number of nitrogens with two attached hydrogens (primary N) is 1. The monoisotopic (exact) mass is 255 g/mol. The first-order valence-electron chi connectivity index (χ1n) is 5.19. The number of hydrogen-bond acceptors (Lipinski definition) is 4. The van der Waals surface area contributed by atoms with E-state index in [1.54, 1.807) is 0 Å². The van der Waals surface area contributed by atoms with Crippen LogP contribution in [0, 0.1) is 11.6 Å². The van der Waals surface area contributed by atoms with Gasteiger partial charge in [-0.1, -0.05) is 0 Å². The van der Waals surface area contributed by atoms with Crippen LogP contribution < -0.4 is 10.6 Å². The molecule has 1 aliphatic rings. The number of imide groups is 1. The molecule has 0 radical (unpaired) electrons. The van der Waals surface area contributed by atoms with Crippen LogP contribution in [0.25, 0.3) is 0 Å². The van der Waals surface area contributed by atoms with Crippen LogP contribution in [-0.4, -0.2) is 36.9 Å². The average Bonchev–Trinajstić information content (AvgIpc) is 2.24. The Bertz CT molecular complexity index is 492. The first kappa shape index (κ1) is 12.3. The lowest BCUT2D eigenvalue weighted by Gasteiger charge is -2.32.